The molecule has 0 bridgehead atoms. The summed E-state index contributed by atoms with van der Waals surface area (Å²) in [5.74, 6) is 1.80. The smallest absolute Gasteiger partial charge is 0.181 e. The van der Waals surface area contributed by atoms with E-state index in [1.807, 2.05) is 0 Å². The Hall–Kier alpha value is -0.830. The third-order valence-corrected chi connectivity index (χ3v) is 2.56. The normalized spacial score (nSPS) is 22.2. The van der Waals surface area contributed by atoms with E-state index in [0.29, 0.717) is 0 Å². The van der Waals surface area contributed by atoms with Gasteiger partial charge in [-0.2, -0.15) is 0 Å². The zero-order chi connectivity index (χ0) is 8.39. The van der Waals surface area contributed by atoms with Crippen molar-refractivity contribution in [2.75, 3.05) is 6.54 Å². The van der Waals surface area contributed by atoms with Gasteiger partial charge in [0.2, 0.25) is 0 Å². The molecule has 0 saturated heterocycles. The number of fused-ring (bicyclic) bond motifs is 1. The molecule has 12 heavy (non-hydrogen) atoms. The van der Waals surface area contributed by atoms with E-state index in [4.69, 9.17) is 10.2 Å². The van der Waals surface area contributed by atoms with Crippen molar-refractivity contribution < 1.29 is 4.42 Å². The van der Waals surface area contributed by atoms with Crippen molar-refractivity contribution in [2.24, 2.45) is 11.7 Å². The van der Waals surface area contributed by atoms with Crippen molar-refractivity contribution >= 4 is 0 Å². The molecule has 3 nitrogen and oxygen atoms in total. The van der Waals surface area contributed by atoms with Gasteiger partial charge in [-0.3, -0.25) is 0 Å². The third kappa shape index (κ3) is 1.37. The van der Waals surface area contributed by atoms with Crippen LogP contribution in [0.2, 0.25) is 0 Å². The highest BCUT2D eigenvalue weighted by Crippen LogP contribution is 2.25. The van der Waals surface area contributed by atoms with Gasteiger partial charge < -0.3 is 10.2 Å². The lowest BCUT2D eigenvalue weighted by Gasteiger charge is -2.18. The molecule has 1 aliphatic rings. The standard InChI is InChI=1S/C9H14N2O/c10-4-3-7-1-2-8-9(5-7)12-6-11-8/h6-7H,1-5,10H2. The van der Waals surface area contributed by atoms with Crippen LogP contribution < -0.4 is 5.73 Å². The van der Waals surface area contributed by atoms with Gasteiger partial charge in [0.1, 0.15) is 5.76 Å². The Morgan fingerprint density at radius 1 is 1.67 bits per heavy atom. The predicted molar refractivity (Wildman–Crippen MR) is 45.7 cm³/mol. The minimum Gasteiger partial charge on any atom is -0.448 e. The molecule has 0 aromatic carbocycles. The molecule has 2 N–H and O–H groups in total. The van der Waals surface area contributed by atoms with Crippen molar-refractivity contribution in [2.45, 2.75) is 25.7 Å². The van der Waals surface area contributed by atoms with Crippen LogP contribution in [0.1, 0.15) is 24.3 Å². The summed E-state index contributed by atoms with van der Waals surface area (Å²) in [4.78, 5) is 4.15. The van der Waals surface area contributed by atoms with Crippen LogP contribution in [-0.2, 0) is 12.8 Å². The molecule has 1 heterocycles. The Morgan fingerprint density at radius 3 is 3.42 bits per heavy atom. The highest BCUT2D eigenvalue weighted by molar-refractivity contribution is 5.11. The topological polar surface area (TPSA) is 52.0 Å². The Morgan fingerprint density at radius 2 is 2.58 bits per heavy atom. The molecule has 66 valence electrons. The monoisotopic (exact) mass is 166 g/mol. The number of hydrogen-bond donors (Lipinski definition) is 1. The number of hydrogen-bond acceptors (Lipinski definition) is 3. The number of aryl methyl sites for hydroxylation is 1. The van der Waals surface area contributed by atoms with E-state index >= 15 is 0 Å². The molecular weight excluding hydrogens is 152 g/mol. The van der Waals surface area contributed by atoms with Gasteiger partial charge in [0.05, 0.1) is 5.69 Å². The van der Waals surface area contributed by atoms with Crippen LogP contribution in [0.4, 0.5) is 0 Å². The van der Waals surface area contributed by atoms with Gasteiger partial charge in [0.15, 0.2) is 6.39 Å². The van der Waals surface area contributed by atoms with Crippen LogP contribution in [0.25, 0.3) is 0 Å². The minimum atomic E-state index is 0.718. The fourth-order valence-electron chi connectivity index (χ4n) is 1.85. The summed E-state index contributed by atoms with van der Waals surface area (Å²) in [5.41, 5.74) is 6.66. The fraction of sp³-hybridized carbons (Fsp3) is 0.667. The van der Waals surface area contributed by atoms with E-state index in [1.54, 1.807) is 6.39 Å². The van der Waals surface area contributed by atoms with Gasteiger partial charge >= 0.3 is 0 Å². The molecule has 1 aromatic heterocycles. The number of nitrogens with zero attached hydrogens (tertiary/aromatic N) is 1. The molecule has 0 amide bonds. The van der Waals surface area contributed by atoms with Crippen molar-refractivity contribution in [3.63, 3.8) is 0 Å². The van der Waals surface area contributed by atoms with E-state index in [1.165, 1.54) is 6.42 Å². The molecule has 0 radical (unpaired) electrons. The third-order valence-electron chi connectivity index (χ3n) is 2.56. The molecule has 1 unspecified atom stereocenters. The van der Waals surface area contributed by atoms with E-state index in [2.05, 4.69) is 4.98 Å². The molecule has 1 atom stereocenters. The molecule has 0 fully saturated rings. The number of aromatic nitrogens is 1. The van der Waals surface area contributed by atoms with Gasteiger partial charge in [0, 0.05) is 6.42 Å². The van der Waals surface area contributed by atoms with Gasteiger partial charge in [-0.1, -0.05) is 0 Å². The average Bonchev–Trinajstić information content (AvgIpc) is 2.51. The summed E-state index contributed by atoms with van der Waals surface area (Å²) >= 11 is 0. The first kappa shape index (κ1) is 7.80. The summed E-state index contributed by atoms with van der Waals surface area (Å²) in [7, 11) is 0. The molecule has 2 rings (SSSR count). The lowest BCUT2D eigenvalue weighted by Crippen LogP contribution is -2.16. The summed E-state index contributed by atoms with van der Waals surface area (Å²) in [6.07, 6.45) is 5.98. The second kappa shape index (κ2) is 3.27. The summed E-state index contributed by atoms with van der Waals surface area (Å²) in [5, 5.41) is 0. The first-order valence-electron chi connectivity index (χ1n) is 4.51. The lowest BCUT2D eigenvalue weighted by atomic mass is 9.88. The highest BCUT2D eigenvalue weighted by Gasteiger charge is 2.21. The quantitative estimate of drug-likeness (QED) is 0.716. The second-order valence-electron chi connectivity index (χ2n) is 3.41. The molecule has 0 spiro atoms. The van der Waals surface area contributed by atoms with Crippen molar-refractivity contribution in [3.8, 4) is 0 Å². The van der Waals surface area contributed by atoms with Crippen molar-refractivity contribution in [1.29, 1.82) is 0 Å². The number of oxazole rings is 1. The first-order valence-corrected chi connectivity index (χ1v) is 4.51. The molecular formula is C9H14N2O. The van der Waals surface area contributed by atoms with Crippen LogP contribution in [-0.4, -0.2) is 11.5 Å². The summed E-state index contributed by atoms with van der Waals surface area (Å²) in [6.45, 7) is 0.786. The SMILES string of the molecule is NCCC1CCc2ncoc2C1. The van der Waals surface area contributed by atoms with Gasteiger partial charge in [-0.05, 0) is 31.7 Å². The van der Waals surface area contributed by atoms with Crippen LogP contribution in [0.5, 0.6) is 0 Å². The Balaban J connectivity index is 2.05. The van der Waals surface area contributed by atoms with E-state index < -0.39 is 0 Å². The fourth-order valence-corrected chi connectivity index (χ4v) is 1.85. The lowest BCUT2D eigenvalue weighted by molar-refractivity contribution is 0.376. The van der Waals surface area contributed by atoms with E-state index in [9.17, 15) is 0 Å². The minimum absolute atomic E-state index is 0.718. The molecule has 3 heteroatoms. The van der Waals surface area contributed by atoms with Crippen LogP contribution in [0.15, 0.2) is 10.8 Å². The average molecular weight is 166 g/mol. The van der Waals surface area contributed by atoms with Gasteiger partial charge in [-0.25, -0.2) is 4.98 Å². The molecule has 0 saturated carbocycles. The Kier molecular flexibility index (Phi) is 2.13. The maximum absolute atomic E-state index is 5.51. The van der Waals surface area contributed by atoms with Crippen molar-refractivity contribution in [1.82, 2.24) is 4.98 Å². The largest absolute Gasteiger partial charge is 0.448 e. The second-order valence-corrected chi connectivity index (χ2v) is 3.41. The Labute approximate surface area is 72.0 Å². The van der Waals surface area contributed by atoms with Crippen LogP contribution in [0, 0.1) is 5.92 Å². The number of rotatable bonds is 2. The maximum Gasteiger partial charge on any atom is 0.181 e. The van der Waals surface area contributed by atoms with Crippen molar-refractivity contribution in [3.05, 3.63) is 17.8 Å². The number of nitrogens with two attached hydrogens (primary N) is 1. The van der Waals surface area contributed by atoms with Crippen LogP contribution in [0.3, 0.4) is 0 Å². The zero-order valence-corrected chi connectivity index (χ0v) is 7.12. The highest BCUT2D eigenvalue weighted by atomic mass is 16.3. The first-order chi connectivity index (χ1) is 5.90. The zero-order valence-electron chi connectivity index (χ0n) is 7.12. The Bertz CT molecular complexity index is 257. The summed E-state index contributed by atoms with van der Waals surface area (Å²) < 4.78 is 5.28. The van der Waals surface area contributed by atoms with E-state index in [0.717, 1.165) is 43.2 Å². The maximum atomic E-state index is 5.51. The van der Waals surface area contributed by atoms with E-state index in [-0.39, 0.29) is 0 Å². The summed E-state index contributed by atoms with van der Waals surface area (Å²) in [6, 6.07) is 0. The predicted octanol–water partition coefficient (Wildman–Crippen LogP) is 1.13. The molecule has 0 aliphatic heterocycles. The molecule has 1 aromatic rings. The van der Waals surface area contributed by atoms with Gasteiger partial charge in [0.25, 0.3) is 0 Å². The van der Waals surface area contributed by atoms with Gasteiger partial charge in [-0.15, -0.1) is 0 Å². The van der Waals surface area contributed by atoms with Crippen LogP contribution >= 0.6 is 0 Å². The molecule has 1 aliphatic carbocycles.